The van der Waals surface area contributed by atoms with Gasteiger partial charge in [-0.2, -0.15) is 0 Å². The van der Waals surface area contributed by atoms with Crippen LogP contribution in [-0.4, -0.2) is 40.0 Å². The summed E-state index contributed by atoms with van der Waals surface area (Å²) in [6.07, 6.45) is 3.75. The Morgan fingerprint density at radius 1 is 1.36 bits per heavy atom. The molecule has 1 atom stereocenters. The van der Waals surface area contributed by atoms with Crippen molar-refractivity contribution < 1.29 is 19.1 Å². The van der Waals surface area contributed by atoms with Gasteiger partial charge in [0, 0.05) is 25.1 Å². The predicted octanol–water partition coefficient (Wildman–Crippen LogP) is 3.71. The van der Waals surface area contributed by atoms with Crippen LogP contribution in [0.3, 0.4) is 0 Å². The summed E-state index contributed by atoms with van der Waals surface area (Å²) < 4.78 is 5.43. The smallest absolute Gasteiger partial charge is 0.303 e. The zero-order valence-electron chi connectivity index (χ0n) is 13.7. The average Bonchev–Trinajstić information content (AvgIpc) is 3.09. The van der Waals surface area contributed by atoms with Crippen molar-refractivity contribution in [3.8, 4) is 11.3 Å². The molecule has 2 aromatic rings. The number of likely N-dealkylation sites (tertiary alicyclic amines) is 1. The summed E-state index contributed by atoms with van der Waals surface area (Å²) in [4.78, 5) is 29.5. The number of benzene rings is 1. The van der Waals surface area contributed by atoms with E-state index in [-0.39, 0.29) is 23.9 Å². The number of aromatic nitrogens is 1. The van der Waals surface area contributed by atoms with Crippen LogP contribution in [0.2, 0.25) is 5.02 Å². The van der Waals surface area contributed by atoms with Gasteiger partial charge in [-0.15, -0.1) is 0 Å². The number of hydrogen-bond acceptors (Lipinski definition) is 4. The summed E-state index contributed by atoms with van der Waals surface area (Å²) in [6, 6.07) is 7.14. The van der Waals surface area contributed by atoms with E-state index >= 15 is 0 Å². The summed E-state index contributed by atoms with van der Waals surface area (Å²) in [5.74, 6) is -0.447. The first-order valence-electron chi connectivity index (χ1n) is 8.25. The van der Waals surface area contributed by atoms with E-state index in [1.165, 1.54) is 6.39 Å². The molecule has 0 saturated carbocycles. The summed E-state index contributed by atoms with van der Waals surface area (Å²) in [5, 5.41) is 9.33. The predicted molar refractivity (Wildman–Crippen MR) is 92.4 cm³/mol. The Labute approximate surface area is 150 Å². The van der Waals surface area contributed by atoms with Gasteiger partial charge in [-0.05, 0) is 37.3 Å². The van der Waals surface area contributed by atoms with Crippen LogP contribution in [0.15, 0.2) is 35.1 Å². The Morgan fingerprint density at radius 2 is 2.16 bits per heavy atom. The standard InChI is InChI=1S/C18H19ClN2O4/c19-14-6-2-1-5-13(14)17-16(20-11-25-17)18(24)21-9-3-4-12(10-21)7-8-15(22)23/h1-2,5-6,11-12H,3-4,7-10H2,(H,22,23)/t12-/m1/s1. The van der Waals surface area contributed by atoms with E-state index in [0.717, 1.165) is 12.8 Å². The van der Waals surface area contributed by atoms with E-state index in [0.29, 0.717) is 35.9 Å². The fourth-order valence-electron chi connectivity index (χ4n) is 3.20. The molecule has 1 fully saturated rings. The first kappa shape index (κ1) is 17.5. The van der Waals surface area contributed by atoms with E-state index in [2.05, 4.69) is 4.98 Å². The highest BCUT2D eigenvalue weighted by molar-refractivity contribution is 6.33. The van der Waals surface area contributed by atoms with E-state index in [9.17, 15) is 9.59 Å². The number of halogens is 1. The summed E-state index contributed by atoms with van der Waals surface area (Å²) >= 11 is 6.20. The van der Waals surface area contributed by atoms with Gasteiger partial charge in [0.05, 0.1) is 5.02 Å². The molecular weight excluding hydrogens is 344 g/mol. The number of oxazole rings is 1. The lowest BCUT2D eigenvalue weighted by molar-refractivity contribution is -0.137. The van der Waals surface area contributed by atoms with Gasteiger partial charge in [-0.1, -0.05) is 23.7 Å². The third kappa shape index (κ3) is 4.02. The van der Waals surface area contributed by atoms with Crippen LogP contribution in [0, 0.1) is 5.92 Å². The van der Waals surface area contributed by atoms with Crippen molar-refractivity contribution in [3.05, 3.63) is 41.4 Å². The fourth-order valence-corrected chi connectivity index (χ4v) is 3.42. The second kappa shape index (κ2) is 7.70. The van der Waals surface area contributed by atoms with Crippen molar-refractivity contribution in [2.24, 2.45) is 5.92 Å². The lowest BCUT2D eigenvalue weighted by Gasteiger charge is -2.32. The Hall–Kier alpha value is -2.34. The Bertz CT molecular complexity index is 774. The maximum Gasteiger partial charge on any atom is 0.303 e. The van der Waals surface area contributed by atoms with E-state index in [1.807, 2.05) is 6.07 Å². The summed E-state index contributed by atoms with van der Waals surface area (Å²) in [7, 11) is 0. The zero-order valence-corrected chi connectivity index (χ0v) is 14.4. The lowest BCUT2D eigenvalue weighted by atomic mass is 9.93. The molecule has 25 heavy (non-hydrogen) atoms. The van der Waals surface area contributed by atoms with Gasteiger partial charge in [0.25, 0.3) is 5.91 Å². The highest BCUT2D eigenvalue weighted by Gasteiger charge is 2.29. The molecule has 0 bridgehead atoms. The highest BCUT2D eigenvalue weighted by Crippen LogP contribution is 2.31. The average molecular weight is 363 g/mol. The lowest BCUT2D eigenvalue weighted by Crippen LogP contribution is -2.40. The quantitative estimate of drug-likeness (QED) is 0.876. The van der Waals surface area contributed by atoms with Gasteiger partial charge in [0.15, 0.2) is 17.8 Å². The number of rotatable bonds is 5. The van der Waals surface area contributed by atoms with Crippen molar-refractivity contribution in [1.29, 1.82) is 0 Å². The number of carbonyl (C=O) groups excluding carboxylic acids is 1. The van der Waals surface area contributed by atoms with Crippen LogP contribution in [0.25, 0.3) is 11.3 Å². The molecule has 1 N–H and O–H groups in total. The van der Waals surface area contributed by atoms with Crippen molar-refractivity contribution in [1.82, 2.24) is 9.88 Å². The Morgan fingerprint density at radius 3 is 2.92 bits per heavy atom. The molecule has 1 aromatic carbocycles. The second-order valence-corrected chi connectivity index (χ2v) is 6.61. The van der Waals surface area contributed by atoms with E-state index in [1.54, 1.807) is 23.1 Å². The molecule has 1 aliphatic rings. The maximum absolute atomic E-state index is 12.9. The molecule has 132 valence electrons. The Kier molecular flexibility index (Phi) is 5.38. The van der Waals surface area contributed by atoms with E-state index in [4.69, 9.17) is 21.1 Å². The zero-order chi connectivity index (χ0) is 17.8. The van der Waals surface area contributed by atoms with Gasteiger partial charge in [-0.25, -0.2) is 4.98 Å². The van der Waals surface area contributed by atoms with Crippen LogP contribution >= 0.6 is 11.6 Å². The molecule has 1 aromatic heterocycles. The summed E-state index contributed by atoms with van der Waals surface area (Å²) in [6.45, 7) is 1.18. The molecule has 2 heterocycles. The number of aliphatic carboxylic acids is 1. The van der Waals surface area contributed by atoms with Crippen LogP contribution in [0.5, 0.6) is 0 Å². The van der Waals surface area contributed by atoms with Gasteiger partial charge in [0.1, 0.15) is 0 Å². The van der Waals surface area contributed by atoms with Crippen molar-refractivity contribution in [2.45, 2.75) is 25.7 Å². The SMILES string of the molecule is O=C(O)CC[C@H]1CCCN(C(=O)c2ncoc2-c2ccccc2Cl)C1. The van der Waals surface area contributed by atoms with Gasteiger partial charge in [0.2, 0.25) is 0 Å². The highest BCUT2D eigenvalue weighted by atomic mass is 35.5. The number of carboxylic acid groups (broad SMARTS) is 1. The molecule has 0 radical (unpaired) electrons. The normalized spacial score (nSPS) is 17.5. The number of nitrogens with zero attached hydrogens (tertiary/aromatic N) is 2. The van der Waals surface area contributed by atoms with Gasteiger partial charge < -0.3 is 14.4 Å². The molecule has 1 saturated heterocycles. The van der Waals surface area contributed by atoms with Crippen LogP contribution < -0.4 is 0 Å². The summed E-state index contributed by atoms with van der Waals surface area (Å²) in [5.41, 5.74) is 0.872. The minimum absolute atomic E-state index is 0.127. The van der Waals surface area contributed by atoms with Crippen LogP contribution in [-0.2, 0) is 4.79 Å². The molecule has 7 heteroatoms. The Balaban J connectivity index is 1.77. The number of piperidine rings is 1. The molecule has 1 aliphatic heterocycles. The first-order valence-corrected chi connectivity index (χ1v) is 8.63. The number of carbonyl (C=O) groups is 2. The topological polar surface area (TPSA) is 83.6 Å². The number of carboxylic acids is 1. The minimum atomic E-state index is -0.805. The minimum Gasteiger partial charge on any atom is -0.481 e. The van der Waals surface area contributed by atoms with Crippen molar-refractivity contribution >= 4 is 23.5 Å². The van der Waals surface area contributed by atoms with Crippen molar-refractivity contribution in [2.75, 3.05) is 13.1 Å². The van der Waals surface area contributed by atoms with Crippen LogP contribution in [0.1, 0.15) is 36.2 Å². The van der Waals surface area contributed by atoms with Gasteiger partial charge >= 0.3 is 5.97 Å². The van der Waals surface area contributed by atoms with E-state index < -0.39 is 5.97 Å². The van der Waals surface area contributed by atoms with Gasteiger partial charge in [-0.3, -0.25) is 9.59 Å². The van der Waals surface area contributed by atoms with Crippen LogP contribution in [0.4, 0.5) is 0 Å². The third-order valence-electron chi connectivity index (χ3n) is 4.46. The largest absolute Gasteiger partial charge is 0.481 e. The van der Waals surface area contributed by atoms with Crippen molar-refractivity contribution in [3.63, 3.8) is 0 Å². The molecule has 3 rings (SSSR count). The molecule has 1 amide bonds. The third-order valence-corrected chi connectivity index (χ3v) is 4.79. The maximum atomic E-state index is 12.9. The molecule has 0 spiro atoms. The first-order chi connectivity index (χ1) is 12.1. The molecule has 0 unspecified atom stereocenters. The monoisotopic (exact) mass is 362 g/mol. The number of amides is 1. The molecule has 6 nitrogen and oxygen atoms in total. The molecule has 0 aliphatic carbocycles. The molecular formula is C18H19ClN2O4. The fraction of sp³-hybridized carbons (Fsp3) is 0.389. The second-order valence-electron chi connectivity index (χ2n) is 6.20. The number of hydrogen-bond donors (Lipinski definition) is 1.